The predicted molar refractivity (Wildman–Crippen MR) is 128 cm³/mol. The van der Waals surface area contributed by atoms with Crippen LogP contribution in [-0.4, -0.2) is 63.0 Å². The van der Waals surface area contributed by atoms with Crippen LogP contribution in [0.25, 0.3) is 11.2 Å². The lowest BCUT2D eigenvalue weighted by atomic mass is 10.1. The third-order valence-corrected chi connectivity index (χ3v) is 6.84. The molecular weight excluding hydrogens is 420 g/mol. The molecule has 0 bridgehead atoms. The number of hydrogen-bond donors (Lipinski definition) is 0. The summed E-state index contributed by atoms with van der Waals surface area (Å²) in [5.74, 6) is 1.06. The average molecular weight is 453 g/mol. The van der Waals surface area contributed by atoms with Crippen molar-refractivity contribution in [2.45, 2.75) is 33.4 Å². The maximum atomic E-state index is 13.6. The zero-order valence-electron chi connectivity index (χ0n) is 19.7. The molecule has 1 fully saturated rings. The average Bonchev–Trinajstić information content (AvgIpc) is 3.22. The molecule has 9 nitrogen and oxygen atoms in total. The standard InChI is InChI=1S/C24H32N6O3/c1-4-18-5-7-19(8-6-18)29-15-17(2)16-30-20-21(25-23(29)30)26(3)24(32)28(22(20)31)10-9-27-11-13-33-14-12-27/h5-8,17H,4,9-16H2,1-3H3/t17-/m1/s1. The van der Waals surface area contributed by atoms with Crippen molar-refractivity contribution in [3.63, 3.8) is 0 Å². The zero-order valence-corrected chi connectivity index (χ0v) is 19.7. The van der Waals surface area contributed by atoms with Gasteiger partial charge in [0, 0.05) is 52.0 Å². The van der Waals surface area contributed by atoms with E-state index in [1.54, 1.807) is 7.05 Å². The summed E-state index contributed by atoms with van der Waals surface area (Å²) in [7, 11) is 1.71. The van der Waals surface area contributed by atoms with Crippen LogP contribution >= 0.6 is 0 Å². The Morgan fingerprint density at radius 1 is 1.06 bits per heavy atom. The van der Waals surface area contributed by atoms with E-state index in [1.807, 2.05) is 4.57 Å². The molecule has 0 aliphatic carbocycles. The normalized spacial score (nSPS) is 19.2. The predicted octanol–water partition coefficient (Wildman–Crippen LogP) is 1.58. The summed E-state index contributed by atoms with van der Waals surface area (Å²) in [5, 5.41) is 0. The number of hydrogen-bond acceptors (Lipinski definition) is 6. The Kier molecular flexibility index (Phi) is 5.84. The Morgan fingerprint density at radius 3 is 2.48 bits per heavy atom. The molecule has 0 saturated carbocycles. The zero-order chi connectivity index (χ0) is 23.1. The molecular formula is C24H32N6O3. The van der Waals surface area contributed by atoms with Crippen molar-refractivity contribution < 1.29 is 4.74 Å². The smallest absolute Gasteiger partial charge is 0.332 e. The fourth-order valence-electron chi connectivity index (χ4n) is 4.90. The third-order valence-electron chi connectivity index (χ3n) is 6.84. The van der Waals surface area contributed by atoms with Gasteiger partial charge in [0.05, 0.1) is 13.2 Å². The van der Waals surface area contributed by atoms with Crippen molar-refractivity contribution in [2.75, 3.05) is 44.3 Å². The Balaban J connectivity index is 1.58. The second kappa shape index (κ2) is 8.79. The quantitative estimate of drug-likeness (QED) is 0.585. The van der Waals surface area contributed by atoms with Gasteiger partial charge in [-0.05, 0) is 30.0 Å². The first-order valence-electron chi connectivity index (χ1n) is 11.8. The van der Waals surface area contributed by atoms with Crippen molar-refractivity contribution in [3.8, 4) is 0 Å². The second-order valence-corrected chi connectivity index (χ2v) is 9.18. The fraction of sp³-hybridized carbons (Fsp3) is 0.542. The Bertz CT molecular complexity index is 1270. The van der Waals surface area contributed by atoms with Gasteiger partial charge in [-0.15, -0.1) is 0 Å². The number of morpholine rings is 1. The number of anilines is 2. The molecule has 0 amide bonds. The Hall–Kier alpha value is -2.91. The highest BCUT2D eigenvalue weighted by molar-refractivity contribution is 5.77. The van der Waals surface area contributed by atoms with Gasteiger partial charge in [0.1, 0.15) is 0 Å². The first-order chi connectivity index (χ1) is 16.0. The summed E-state index contributed by atoms with van der Waals surface area (Å²) in [4.78, 5) is 35.9. The molecule has 9 heteroatoms. The molecule has 1 saturated heterocycles. The van der Waals surface area contributed by atoms with Gasteiger partial charge in [-0.25, -0.2) is 4.79 Å². The molecule has 176 valence electrons. The van der Waals surface area contributed by atoms with E-state index in [0.717, 1.165) is 37.7 Å². The van der Waals surface area contributed by atoms with E-state index in [9.17, 15) is 9.59 Å². The minimum atomic E-state index is -0.317. The number of nitrogens with zero attached hydrogens (tertiary/aromatic N) is 6. The topological polar surface area (TPSA) is 77.5 Å². The summed E-state index contributed by atoms with van der Waals surface area (Å²) in [6.07, 6.45) is 0.987. The Labute approximate surface area is 192 Å². The first kappa shape index (κ1) is 21.9. The molecule has 2 aromatic heterocycles. The monoisotopic (exact) mass is 452 g/mol. The molecule has 0 N–H and O–H groups in total. The van der Waals surface area contributed by atoms with E-state index in [2.05, 4.69) is 47.9 Å². The Morgan fingerprint density at radius 2 is 1.79 bits per heavy atom. The van der Waals surface area contributed by atoms with Crippen molar-refractivity contribution in [1.29, 1.82) is 0 Å². The van der Waals surface area contributed by atoms with Crippen LogP contribution in [0.1, 0.15) is 19.4 Å². The van der Waals surface area contributed by atoms with E-state index in [-0.39, 0.29) is 11.2 Å². The molecule has 1 atom stereocenters. The summed E-state index contributed by atoms with van der Waals surface area (Å²) in [6, 6.07) is 8.49. The van der Waals surface area contributed by atoms with Crippen LogP contribution in [0.3, 0.4) is 0 Å². The fourth-order valence-corrected chi connectivity index (χ4v) is 4.90. The lowest BCUT2D eigenvalue weighted by Gasteiger charge is -2.33. The molecule has 5 rings (SSSR count). The van der Waals surface area contributed by atoms with Gasteiger partial charge in [-0.1, -0.05) is 26.0 Å². The molecule has 2 aliphatic heterocycles. The summed E-state index contributed by atoms with van der Waals surface area (Å²) in [5.41, 5.74) is 2.72. The van der Waals surface area contributed by atoms with Crippen molar-refractivity contribution in [3.05, 3.63) is 50.7 Å². The summed E-state index contributed by atoms with van der Waals surface area (Å²) < 4.78 is 10.3. The van der Waals surface area contributed by atoms with Gasteiger partial charge in [0.25, 0.3) is 5.56 Å². The molecule has 33 heavy (non-hydrogen) atoms. The highest BCUT2D eigenvalue weighted by atomic mass is 16.5. The van der Waals surface area contributed by atoms with Crippen LogP contribution in [0, 0.1) is 5.92 Å². The number of imidazole rings is 1. The maximum absolute atomic E-state index is 13.6. The number of aryl methyl sites for hydroxylation is 2. The largest absolute Gasteiger partial charge is 0.379 e. The van der Waals surface area contributed by atoms with E-state index < -0.39 is 0 Å². The minimum Gasteiger partial charge on any atom is -0.379 e. The van der Waals surface area contributed by atoms with Gasteiger partial charge in [0.15, 0.2) is 11.2 Å². The van der Waals surface area contributed by atoms with Crippen molar-refractivity contribution in [1.82, 2.24) is 23.6 Å². The third kappa shape index (κ3) is 3.89. The molecule has 0 spiro atoms. The highest BCUT2D eigenvalue weighted by Gasteiger charge is 2.30. The number of fused-ring (bicyclic) bond motifs is 3. The van der Waals surface area contributed by atoms with Crippen LogP contribution in [0.15, 0.2) is 33.9 Å². The van der Waals surface area contributed by atoms with Gasteiger partial charge >= 0.3 is 5.69 Å². The first-order valence-corrected chi connectivity index (χ1v) is 11.8. The van der Waals surface area contributed by atoms with Crippen molar-refractivity contribution >= 4 is 22.8 Å². The molecule has 0 unspecified atom stereocenters. The lowest BCUT2D eigenvalue weighted by molar-refractivity contribution is 0.0361. The molecule has 2 aliphatic rings. The van der Waals surface area contributed by atoms with E-state index in [4.69, 9.17) is 9.72 Å². The SMILES string of the molecule is CCc1ccc(N2C[C@@H](C)Cn3c2nc2c3c(=O)n(CCN3CCOCC3)c(=O)n2C)cc1. The van der Waals surface area contributed by atoms with Crippen LogP contribution < -0.4 is 16.1 Å². The maximum Gasteiger partial charge on any atom is 0.332 e. The molecule has 1 aromatic carbocycles. The molecule has 0 radical (unpaired) electrons. The number of benzene rings is 1. The number of rotatable bonds is 5. The summed E-state index contributed by atoms with van der Waals surface area (Å²) in [6.45, 7) is 9.87. The van der Waals surface area contributed by atoms with Crippen LogP contribution in [0.4, 0.5) is 11.6 Å². The minimum absolute atomic E-state index is 0.254. The highest BCUT2D eigenvalue weighted by Crippen LogP contribution is 2.32. The van der Waals surface area contributed by atoms with Gasteiger partial charge in [-0.3, -0.25) is 18.8 Å². The van der Waals surface area contributed by atoms with Crippen LogP contribution in [-0.2, 0) is 31.3 Å². The van der Waals surface area contributed by atoms with Crippen molar-refractivity contribution in [2.24, 2.45) is 13.0 Å². The van der Waals surface area contributed by atoms with Crippen LogP contribution in [0.5, 0.6) is 0 Å². The summed E-state index contributed by atoms with van der Waals surface area (Å²) >= 11 is 0. The number of aromatic nitrogens is 4. The van der Waals surface area contributed by atoms with Crippen LogP contribution in [0.2, 0.25) is 0 Å². The van der Waals surface area contributed by atoms with E-state index >= 15 is 0 Å². The lowest BCUT2D eigenvalue weighted by Crippen LogP contribution is -2.44. The number of ether oxygens (including phenoxy) is 1. The second-order valence-electron chi connectivity index (χ2n) is 9.18. The van der Waals surface area contributed by atoms with E-state index in [1.165, 1.54) is 14.7 Å². The molecule has 3 aromatic rings. The van der Waals surface area contributed by atoms with E-state index in [0.29, 0.717) is 49.9 Å². The van der Waals surface area contributed by atoms with Gasteiger partial charge in [-0.2, -0.15) is 4.98 Å². The van der Waals surface area contributed by atoms with Gasteiger partial charge < -0.3 is 14.2 Å². The van der Waals surface area contributed by atoms with Gasteiger partial charge in [0.2, 0.25) is 5.95 Å². The molecule has 4 heterocycles.